The van der Waals surface area contributed by atoms with Gasteiger partial charge in [0.05, 0.1) is 10.7 Å². The monoisotopic (exact) mass is 386 g/mol. The van der Waals surface area contributed by atoms with Gasteiger partial charge in [-0.3, -0.25) is 0 Å². The summed E-state index contributed by atoms with van der Waals surface area (Å²) in [5.74, 6) is 0.478. The van der Waals surface area contributed by atoms with Crippen LogP contribution in [-0.4, -0.2) is 16.8 Å². The minimum Gasteiger partial charge on any atom is -0.434 e. The quantitative estimate of drug-likeness (QED) is 0.331. The third-order valence-corrected chi connectivity index (χ3v) is 6.58. The highest BCUT2D eigenvalue weighted by Gasteiger charge is 2.30. The minimum absolute atomic E-state index is 0.202. The lowest BCUT2D eigenvalue weighted by Gasteiger charge is -2.12. The molecule has 26 heavy (non-hydrogen) atoms. The van der Waals surface area contributed by atoms with Crippen LogP contribution in [0.15, 0.2) is 52.3 Å². The highest BCUT2D eigenvalue weighted by Crippen LogP contribution is 2.55. The number of carbonyl (C=O) groups is 1. The molecule has 0 aliphatic carbocycles. The highest BCUT2D eigenvalue weighted by molar-refractivity contribution is 8.20. The van der Waals surface area contributed by atoms with Crippen LogP contribution in [0.5, 0.6) is 5.75 Å². The normalized spacial score (nSPS) is 15.5. The van der Waals surface area contributed by atoms with Gasteiger partial charge in [0.1, 0.15) is 5.75 Å². The summed E-state index contributed by atoms with van der Waals surface area (Å²) in [7, 11) is 0. The zero-order valence-corrected chi connectivity index (χ0v) is 17.0. The largest absolute Gasteiger partial charge is 0.513 e. The molecule has 5 heteroatoms. The van der Waals surface area contributed by atoms with E-state index in [9.17, 15) is 4.79 Å². The second-order valence-corrected chi connectivity index (χ2v) is 10.0. The Balaban J connectivity index is 1.73. The van der Waals surface area contributed by atoms with E-state index in [2.05, 4.69) is 45.0 Å². The highest BCUT2D eigenvalue weighted by atomic mass is 32.2. The van der Waals surface area contributed by atoms with E-state index < -0.39 is 6.16 Å². The number of ether oxygens (including phenoxy) is 2. The number of fused-ring (bicyclic) bond motifs is 1. The van der Waals surface area contributed by atoms with E-state index in [0.717, 1.165) is 5.56 Å². The van der Waals surface area contributed by atoms with Crippen LogP contribution in [-0.2, 0) is 4.74 Å². The molecule has 0 N–H and O–H groups in total. The zero-order chi connectivity index (χ0) is 18.7. The topological polar surface area (TPSA) is 35.5 Å². The van der Waals surface area contributed by atoms with Crippen molar-refractivity contribution in [3.8, 4) is 5.75 Å². The molecule has 0 unspecified atom stereocenters. The molecule has 2 aromatic carbocycles. The number of hydrogen-bond acceptors (Lipinski definition) is 5. The predicted octanol–water partition coefficient (Wildman–Crippen LogP) is 6.72. The Morgan fingerprint density at radius 3 is 2.46 bits per heavy atom. The van der Waals surface area contributed by atoms with Gasteiger partial charge in [0, 0.05) is 9.79 Å². The summed E-state index contributed by atoms with van der Waals surface area (Å²) in [6.07, 6.45) is 1.46. The Hall–Kier alpha value is -1.85. The van der Waals surface area contributed by atoms with Crippen LogP contribution in [0.25, 0.3) is 11.6 Å². The Bertz CT molecular complexity index is 839. The number of carbonyl (C=O) groups excluding carboxylic acids is 1. The van der Waals surface area contributed by atoms with E-state index in [4.69, 9.17) is 9.47 Å². The van der Waals surface area contributed by atoms with Gasteiger partial charge in [-0.25, -0.2) is 4.79 Å². The molecular formula is C21H22O3S2. The fraction of sp³-hybridized carbons (Fsp3) is 0.286. The summed E-state index contributed by atoms with van der Waals surface area (Å²) < 4.78 is 10.1. The zero-order valence-electron chi connectivity index (χ0n) is 15.4. The van der Waals surface area contributed by atoms with E-state index in [1.165, 1.54) is 20.9 Å². The molecule has 1 aliphatic heterocycles. The van der Waals surface area contributed by atoms with E-state index in [1.54, 1.807) is 19.1 Å². The van der Waals surface area contributed by atoms with Crippen molar-refractivity contribution in [3.05, 3.63) is 53.6 Å². The first kappa shape index (κ1) is 18.9. The average molecular weight is 387 g/mol. The lowest BCUT2D eigenvalue weighted by molar-refractivity contribution is 0.104. The smallest absolute Gasteiger partial charge is 0.434 e. The Labute approximate surface area is 163 Å². The fourth-order valence-corrected chi connectivity index (χ4v) is 5.34. The molecule has 0 amide bonds. The van der Waals surface area contributed by atoms with Crippen molar-refractivity contribution in [2.75, 3.05) is 6.61 Å². The van der Waals surface area contributed by atoms with Crippen molar-refractivity contribution in [1.82, 2.24) is 0 Å². The molecule has 0 radical (unpaired) electrons. The average Bonchev–Trinajstić information content (AvgIpc) is 2.89. The molecule has 0 fully saturated rings. The van der Waals surface area contributed by atoms with E-state index in [0.29, 0.717) is 12.4 Å². The maximum atomic E-state index is 11.3. The van der Waals surface area contributed by atoms with Gasteiger partial charge < -0.3 is 9.47 Å². The van der Waals surface area contributed by atoms with E-state index in [1.807, 2.05) is 35.7 Å². The molecule has 0 aromatic heterocycles. The van der Waals surface area contributed by atoms with Gasteiger partial charge in [-0.15, -0.1) is 23.5 Å². The SMILES string of the molecule is CCOC(=O)Oc1ccc(/C=C(\C)c2ccc3c(c2)SC(C)(C)S3)cc1. The number of hydrogen-bond donors (Lipinski definition) is 0. The van der Waals surface area contributed by atoms with Crippen LogP contribution >= 0.6 is 23.5 Å². The Morgan fingerprint density at radius 1 is 1.08 bits per heavy atom. The summed E-state index contributed by atoms with van der Waals surface area (Å²) in [5, 5.41) is 0. The third-order valence-electron chi connectivity index (χ3n) is 3.84. The first-order valence-corrected chi connectivity index (χ1v) is 10.1. The van der Waals surface area contributed by atoms with Crippen molar-refractivity contribution >= 4 is 41.3 Å². The summed E-state index contributed by atoms with van der Waals surface area (Å²) >= 11 is 3.84. The van der Waals surface area contributed by atoms with Gasteiger partial charge in [-0.05, 0) is 68.7 Å². The summed E-state index contributed by atoms with van der Waals surface area (Å²) in [6, 6.07) is 14.1. The van der Waals surface area contributed by atoms with Crippen molar-refractivity contribution in [2.24, 2.45) is 0 Å². The van der Waals surface area contributed by atoms with Crippen LogP contribution in [0.2, 0.25) is 0 Å². The molecule has 1 aliphatic rings. The van der Waals surface area contributed by atoms with Gasteiger partial charge in [0.2, 0.25) is 0 Å². The van der Waals surface area contributed by atoms with Crippen LogP contribution in [0, 0.1) is 0 Å². The van der Waals surface area contributed by atoms with Crippen LogP contribution in [0.3, 0.4) is 0 Å². The van der Waals surface area contributed by atoms with Crippen molar-refractivity contribution in [2.45, 2.75) is 41.6 Å². The molecule has 0 saturated heterocycles. The van der Waals surface area contributed by atoms with Crippen LogP contribution in [0.4, 0.5) is 4.79 Å². The van der Waals surface area contributed by atoms with E-state index >= 15 is 0 Å². The standard InChI is InChI=1S/C21H22O3S2/c1-5-23-20(22)24-17-9-6-15(7-10-17)12-14(2)16-8-11-18-19(13-16)26-21(3,4)25-18/h6-13H,5H2,1-4H3/b14-12+. The third kappa shape index (κ3) is 4.65. The van der Waals surface area contributed by atoms with Crippen LogP contribution < -0.4 is 4.74 Å². The number of allylic oxidation sites excluding steroid dienone is 1. The molecule has 0 atom stereocenters. The number of benzene rings is 2. The van der Waals surface area contributed by atoms with Gasteiger partial charge in [0.15, 0.2) is 0 Å². The predicted molar refractivity (Wildman–Crippen MR) is 110 cm³/mol. The van der Waals surface area contributed by atoms with Crippen molar-refractivity contribution in [1.29, 1.82) is 0 Å². The molecule has 3 nitrogen and oxygen atoms in total. The Morgan fingerprint density at radius 2 is 1.77 bits per heavy atom. The molecule has 0 saturated carbocycles. The molecule has 3 rings (SSSR count). The lowest BCUT2D eigenvalue weighted by Crippen LogP contribution is -2.09. The number of rotatable bonds is 4. The van der Waals surface area contributed by atoms with Gasteiger partial charge in [-0.1, -0.05) is 24.3 Å². The molecular weight excluding hydrogens is 364 g/mol. The van der Waals surface area contributed by atoms with Crippen molar-refractivity contribution < 1.29 is 14.3 Å². The fourth-order valence-electron chi connectivity index (χ4n) is 2.68. The molecule has 1 heterocycles. The Kier molecular flexibility index (Phi) is 5.68. The summed E-state index contributed by atoms with van der Waals surface area (Å²) in [5.41, 5.74) is 3.48. The second kappa shape index (κ2) is 7.80. The minimum atomic E-state index is -0.677. The van der Waals surface area contributed by atoms with Crippen molar-refractivity contribution in [3.63, 3.8) is 0 Å². The molecule has 0 spiro atoms. The maximum Gasteiger partial charge on any atom is 0.513 e. The number of thioether (sulfide) groups is 2. The second-order valence-electron chi connectivity index (χ2n) is 6.45. The van der Waals surface area contributed by atoms with Gasteiger partial charge in [0.25, 0.3) is 0 Å². The van der Waals surface area contributed by atoms with Gasteiger partial charge >= 0.3 is 6.16 Å². The summed E-state index contributed by atoms with van der Waals surface area (Å²) in [4.78, 5) is 14.0. The first-order chi connectivity index (χ1) is 12.4. The first-order valence-electron chi connectivity index (χ1n) is 8.52. The van der Waals surface area contributed by atoms with Crippen LogP contribution in [0.1, 0.15) is 38.8 Å². The summed E-state index contributed by atoms with van der Waals surface area (Å²) in [6.45, 7) is 8.67. The van der Waals surface area contributed by atoms with Gasteiger partial charge in [-0.2, -0.15) is 0 Å². The molecule has 136 valence electrons. The lowest BCUT2D eigenvalue weighted by atomic mass is 10.0. The maximum absolute atomic E-state index is 11.3. The van der Waals surface area contributed by atoms with E-state index in [-0.39, 0.29) is 4.08 Å². The molecule has 2 aromatic rings. The molecule has 0 bridgehead atoms.